The average Bonchev–Trinajstić information content (AvgIpc) is 3.25. The van der Waals surface area contributed by atoms with E-state index in [1.807, 2.05) is 44.2 Å². The number of amides is 2. The number of nitrogens with zero attached hydrogens (tertiary/aromatic N) is 2. The van der Waals surface area contributed by atoms with Crippen molar-refractivity contribution in [1.82, 2.24) is 4.90 Å². The summed E-state index contributed by atoms with van der Waals surface area (Å²) in [6, 6.07) is 18.4. The van der Waals surface area contributed by atoms with E-state index in [1.165, 1.54) is 12.1 Å². The Morgan fingerprint density at radius 3 is 2.35 bits per heavy atom. The van der Waals surface area contributed by atoms with Crippen molar-refractivity contribution in [3.63, 3.8) is 0 Å². The Labute approximate surface area is 216 Å². The van der Waals surface area contributed by atoms with Gasteiger partial charge in [-0.15, -0.1) is 0 Å². The summed E-state index contributed by atoms with van der Waals surface area (Å²) in [5.41, 5.74) is 1.14. The molecular formula is C28H28FN3O4S. The van der Waals surface area contributed by atoms with E-state index in [0.29, 0.717) is 17.8 Å². The zero-order valence-electron chi connectivity index (χ0n) is 20.8. The van der Waals surface area contributed by atoms with Crippen LogP contribution in [0, 0.1) is 11.7 Å². The molecule has 0 bridgehead atoms. The number of fused-ring (bicyclic) bond motifs is 2. The van der Waals surface area contributed by atoms with Crippen LogP contribution in [0.15, 0.2) is 77.7 Å². The van der Waals surface area contributed by atoms with Gasteiger partial charge in [0.1, 0.15) is 11.2 Å². The van der Waals surface area contributed by atoms with Gasteiger partial charge in [0.05, 0.1) is 10.9 Å². The predicted octanol–water partition coefficient (Wildman–Crippen LogP) is 4.47. The predicted molar refractivity (Wildman–Crippen MR) is 139 cm³/mol. The van der Waals surface area contributed by atoms with Crippen molar-refractivity contribution in [2.24, 2.45) is 5.92 Å². The standard InChI is InChI=1S/C28H28FN3O4S/c1-18(2)17-32-25(33)16-28(26(32)19-7-5-4-6-8-19)23-15-21(11-14-24(23)31(3)27(28)34)30-37(35,36)22-12-9-20(29)10-13-22/h4-15,18,26,30H,16-17H2,1-3H3/t26?,28-/m0/s1. The highest BCUT2D eigenvalue weighted by Gasteiger charge is 2.63. The van der Waals surface area contributed by atoms with Gasteiger partial charge in [-0.05, 0) is 59.5 Å². The fraction of sp³-hybridized carbons (Fsp3) is 0.286. The maximum Gasteiger partial charge on any atom is 0.261 e. The molecule has 0 saturated carbocycles. The Morgan fingerprint density at radius 2 is 1.70 bits per heavy atom. The van der Waals surface area contributed by atoms with E-state index in [0.717, 1.165) is 17.7 Å². The number of likely N-dealkylation sites (tertiary alicyclic amines) is 1. The molecule has 2 heterocycles. The molecule has 5 rings (SSSR count). The van der Waals surface area contributed by atoms with Crippen molar-refractivity contribution in [3.05, 3.63) is 89.7 Å². The number of benzene rings is 3. The summed E-state index contributed by atoms with van der Waals surface area (Å²) < 4.78 is 41.9. The topological polar surface area (TPSA) is 86.8 Å². The Hall–Kier alpha value is -3.72. The number of likely N-dealkylation sites (N-methyl/N-ethyl adjacent to an activating group) is 1. The van der Waals surface area contributed by atoms with Crippen molar-refractivity contribution in [2.75, 3.05) is 23.2 Å². The van der Waals surface area contributed by atoms with Gasteiger partial charge in [-0.1, -0.05) is 44.2 Å². The van der Waals surface area contributed by atoms with Gasteiger partial charge in [0.15, 0.2) is 0 Å². The molecule has 1 N–H and O–H groups in total. The van der Waals surface area contributed by atoms with Gasteiger partial charge >= 0.3 is 0 Å². The molecule has 192 valence electrons. The molecule has 1 unspecified atom stereocenters. The van der Waals surface area contributed by atoms with Crippen molar-refractivity contribution in [2.45, 2.75) is 36.6 Å². The normalized spacial score (nSPS) is 21.3. The lowest BCUT2D eigenvalue weighted by Crippen LogP contribution is -2.44. The zero-order chi connectivity index (χ0) is 26.5. The molecule has 1 spiro atoms. The van der Waals surface area contributed by atoms with Crippen LogP contribution in [0.25, 0.3) is 0 Å². The Morgan fingerprint density at radius 1 is 1.03 bits per heavy atom. The van der Waals surface area contributed by atoms with Gasteiger partial charge in [-0.25, -0.2) is 12.8 Å². The highest BCUT2D eigenvalue weighted by molar-refractivity contribution is 7.92. The van der Waals surface area contributed by atoms with Crippen molar-refractivity contribution >= 4 is 33.2 Å². The summed E-state index contributed by atoms with van der Waals surface area (Å²) >= 11 is 0. The van der Waals surface area contributed by atoms with E-state index >= 15 is 0 Å². The zero-order valence-corrected chi connectivity index (χ0v) is 21.6. The summed E-state index contributed by atoms with van der Waals surface area (Å²) in [5, 5.41) is 0. The number of anilines is 2. The lowest BCUT2D eigenvalue weighted by Gasteiger charge is -2.35. The minimum absolute atomic E-state index is 0.0103. The fourth-order valence-corrected chi connectivity index (χ4v) is 6.63. The second-order valence-electron chi connectivity index (χ2n) is 10.1. The molecule has 2 aliphatic rings. The van der Waals surface area contributed by atoms with E-state index in [2.05, 4.69) is 4.72 Å². The van der Waals surface area contributed by atoms with Crippen LogP contribution in [0.5, 0.6) is 0 Å². The summed E-state index contributed by atoms with van der Waals surface area (Å²) in [5.74, 6) is -0.666. The quantitative estimate of drug-likeness (QED) is 0.519. The molecular weight excluding hydrogens is 493 g/mol. The van der Waals surface area contributed by atoms with Gasteiger partial charge in [-0.3, -0.25) is 14.3 Å². The molecule has 0 radical (unpaired) electrons. The van der Waals surface area contributed by atoms with Crippen LogP contribution >= 0.6 is 0 Å². The minimum atomic E-state index is -4.01. The second-order valence-corrected chi connectivity index (χ2v) is 11.7. The van der Waals surface area contributed by atoms with Gasteiger partial charge in [0.2, 0.25) is 11.8 Å². The number of nitrogens with one attached hydrogen (secondary N) is 1. The van der Waals surface area contributed by atoms with Crippen LogP contribution in [0.4, 0.5) is 15.8 Å². The van der Waals surface area contributed by atoms with E-state index in [1.54, 1.807) is 35.0 Å². The molecule has 0 aliphatic carbocycles. The van der Waals surface area contributed by atoms with Gasteiger partial charge in [-0.2, -0.15) is 0 Å². The average molecular weight is 522 g/mol. The number of carbonyl (C=O) groups is 2. The van der Waals surface area contributed by atoms with Gasteiger partial charge in [0, 0.05) is 31.4 Å². The molecule has 9 heteroatoms. The Kier molecular flexibility index (Phi) is 6.06. The first-order valence-corrected chi connectivity index (χ1v) is 13.6. The monoisotopic (exact) mass is 521 g/mol. The smallest absolute Gasteiger partial charge is 0.261 e. The number of hydrogen-bond donors (Lipinski definition) is 1. The number of rotatable bonds is 6. The van der Waals surface area contributed by atoms with E-state index in [4.69, 9.17) is 0 Å². The summed E-state index contributed by atoms with van der Waals surface area (Å²) in [7, 11) is -2.33. The van der Waals surface area contributed by atoms with Crippen LogP contribution in [-0.4, -0.2) is 38.7 Å². The van der Waals surface area contributed by atoms with E-state index in [-0.39, 0.29) is 34.7 Å². The number of hydrogen-bond acceptors (Lipinski definition) is 4. The molecule has 3 aromatic rings. The third-order valence-corrected chi connectivity index (χ3v) is 8.50. The highest BCUT2D eigenvalue weighted by Crippen LogP contribution is 2.57. The number of carbonyl (C=O) groups excluding carboxylic acids is 2. The molecule has 1 saturated heterocycles. The molecule has 7 nitrogen and oxygen atoms in total. The third-order valence-electron chi connectivity index (χ3n) is 7.11. The first-order chi connectivity index (χ1) is 17.5. The minimum Gasteiger partial charge on any atom is -0.334 e. The molecule has 3 aromatic carbocycles. The molecule has 37 heavy (non-hydrogen) atoms. The van der Waals surface area contributed by atoms with Gasteiger partial charge < -0.3 is 9.80 Å². The van der Waals surface area contributed by atoms with Crippen LogP contribution < -0.4 is 9.62 Å². The van der Waals surface area contributed by atoms with Crippen LogP contribution in [0.3, 0.4) is 0 Å². The molecule has 0 aromatic heterocycles. The second kappa shape index (κ2) is 8.99. The van der Waals surface area contributed by atoms with E-state index in [9.17, 15) is 22.4 Å². The maximum absolute atomic E-state index is 14.0. The van der Waals surface area contributed by atoms with Crippen LogP contribution in [0.1, 0.15) is 37.4 Å². The molecule has 2 atom stereocenters. The summed E-state index contributed by atoms with van der Waals surface area (Å²) in [4.78, 5) is 30.7. The summed E-state index contributed by atoms with van der Waals surface area (Å²) in [6.07, 6.45) is -0.0103. The van der Waals surface area contributed by atoms with Gasteiger partial charge in [0.25, 0.3) is 10.0 Å². The van der Waals surface area contributed by atoms with Crippen molar-refractivity contribution < 1.29 is 22.4 Å². The van der Waals surface area contributed by atoms with Crippen molar-refractivity contribution in [3.8, 4) is 0 Å². The summed E-state index contributed by atoms with van der Waals surface area (Å²) in [6.45, 7) is 4.54. The first-order valence-electron chi connectivity index (χ1n) is 12.1. The maximum atomic E-state index is 14.0. The SMILES string of the molecule is CC(C)CN1C(=O)C[C@@]2(C(=O)N(C)c3ccc(NS(=O)(=O)c4ccc(F)cc4)cc32)C1c1ccccc1. The number of sulfonamides is 1. The first kappa shape index (κ1) is 25.0. The largest absolute Gasteiger partial charge is 0.334 e. The number of halogens is 1. The van der Waals surface area contributed by atoms with E-state index < -0.39 is 27.3 Å². The molecule has 1 fully saturated rings. The fourth-order valence-electron chi connectivity index (χ4n) is 5.58. The lowest BCUT2D eigenvalue weighted by atomic mass is 9.72. The highest BCUT2D eigenvalue weighted by atomic mass is 32.2. The Balaban J connectivity index is 1.64. The van der Waals surface area contributed by atoms with Crippen LogP contribution in [-0.2, 0) is 25.0 Å². The van der Waals surface area contributed by atoms with Crippen molar-refractivity contribution in [1.29, 1.82) is 0 Å². The molecule has 2 amide bonds. The Bertz CT molecular complexity index is 1480. The third kappa shape index (κ3) is 4.07. The van der Waals surface area contributed by atoms with Crippen LogP contribution in [0.2, 0.25) is 0 Å². The lowest BCUT2D eigenvalue weighted by molar-refractivity contribution is -0.129. The molecule has 2 aliphatic heterocycles.